The molecule has 0 fully saturated rings. The van der Waals surface area contributed by atoms with Crippen LogP contribution in [0.3, 0.4) is 0 Å². The van der Waals surface area contributed by atoms with E-state index in [1.807, 2.05) is 31.2 Å². The van der Waals surface area contributed by atoms with E-state index < -0.39 is 5.66 Å². The van der Waals surface area contributed by atoms with E-state index >= 15 is 0 Å². The van der Waals surface area contributed by atoms with Gasteiger partial charge in [0.1, 0.15) is 0 Å². The molecule has 2 aliphatic rings. The van der Waals surface area contributed by atoms with E-state index in [-0.39, 0.29) is 11.8 Å². The Morgan fingerprint density at radius 3 is 2.71 bits per heavy atom. The highest BCUT2D eigenvalue weighted by atomic mass is 35.5. The second-order valence-electron chi connectivity index (χ2n) is 5.98. The van der Waals surface area contributed by atoms with Gasteiger partial charge in [-0.25, -0.2) is 0 Å². The molecule has 5 nitrogen and oxygen atoms in total. The van der Waals surface area contributed by atoms with E-state index in [4.69, 9.17) is 11.6 Å². The number of amides is 2. The second kappa shape index (κ2) is 5.24. The molecule has 1 spiro atoms. The van der Waals surface area contributed by atoms with E-state index in [9.17, 15) is 9.59 Å². The fourth-order valence-corrected chi connectivity index (χ4v) is 3.67. The normalized spacial score (nSPS) is 21.3. The zero-order valence-corrected chi connectivity index (χ0v) is 13.9. The van der Waals surface area contributed by atoms with Crippen molar-refractivity contribution < 1.29 is 9.59 Å². The van der Waals surface area contributed by atoms with Crippen LogP contribution in [-0.4, -0.2) is 23.3 Å². The van der Waals surface area contributed by atoms with Crippen molar-refractivity contribution in [1.82, 2.24) is 4.90 Å². The summed E-state index contributed by atoms with van der Waals surface area (Å²) in [5.41, 5.74) is 1.33. The first kappa shape index (κ1) is 15.0. The lowest BCUT2D eigenvalue weighted by atomic mass is 9.93. The number of carbonyl (C=O) groups is 2. The molecule has 6 heteroatoms. The van der Waals surface area contributed by atoms with Gasteiger partial charge in [0.15, 0.2) is 0 Å². The minimum Gasteiger partial charge on any atom is -0.350 e. The lowest BCUT2D eigenvalue weighted by Gasteiger charge is -2.44. The summed E-state index contributed by atoms with van der Waals surface area (Å²) in [4.78, 5) is 27.6. The summed E-state index contributed by atoms with van der Waals surface area (Å²) >= 11 is 6.09. The first-order valence-corrected chi connectivity index (χ1v) is 8.26. The fraction of sp³-hybridized carbons (Fsp3) is 0.222. The molecule has 1 atom stereocenters. The highest BCUT2D eigenvalue weighted by Gasteiger charge is 2.55. The first-order chi connectivity index (χ1) is 11.6. The summed E-state index contributed by atoms with van der Waals surface area (Å²) in [6.45, 7) is 2.45. The first-order valence-electron chi connectivity index (χ1n) is 7.88. The summed E-state index contributed by atoms with van der Waals surface area (Å²) < 4.78 is 0. The molecule has 2 aromatic rings. The monoisotopic (exact) mass is 341 g/mol. The van der Waals surface area contributed by atoms with Crippen molar-refractivity contribution in [2.24, 2.45) is 0 Å². The Morgan fingerprint density at radius 1 is 1.12 bits per heavy atom. The van der Waals surface area contributed by atoms with Gasteiger partial charge in [-0.15, -0.1) is 0 Å². The smallest absolute Gasteiger partial charge is 0.276 e. The second-order valence-corrected chi connectivity index (χ2v) is 6.42. The average molecular weight is 342 g/mol. The summed E-state index contributed by atoms with van der Waals surface area (Å²) in [5, 5.41) is 6.69. The lowest BCUT2D eigenvalue weighted by molar-refractivity contribution is -0.125. The zero-order valence-electron chi connectivity index (χ0n) is 13.1. The molecule has 24 heavy (non-hydrogen) atoms. The van der Waals surface area contributed by atoms with Crippen LogP contribution in [0.25, 0.3) is 0 Å². The van der Waals surface area contributed by atoms with Crippen LogP contribution in [0.1, 0.15) is 29.3 Å². The molecule has 2 aliphatic heterocycles. The van der Waals surface area contributed by atoms with Gasteiger partial charge in [0.05, 0.1) is 11.3 Å². The third-order valence-electron chi connectivity index (χ3n) is 4.52. The summed E-state index contributed by atoms with van der Waals surface area (Å²) in [7, 11) is 0. The minimum absolute atomic E-state index is 0.172. The Morgan fingerprint density at radius 2 is 1.92 bits per heavy atom. The maximum absolute atomic E-state index is 13.1. The zero-order chi connectivity index (χ0) is 16.9. The number of rotatable bonds is 2. The van der Waals surface area contributed by atoms with Gasteiger partial charge in [-0.2, -0.15) is 0 Å². The van der Waals surface area contributed by atoms with Gasteiger partial charge in [0, 0.05) is 22.8 Å². The largest absolute Gasteiger partial charge is 0.350 e. The fourth-order valence-electron chi connectivity index (χ4n) is 3.49. The number of fused-ring (bicyclic) bond motifs is 3. The van der Waals surface area contributed by atoms with Crippen LogP contribution < -0.4 is 10.6 Å². The maximum atomic E-state index is 13.1. The molecular weight excluding hydrogens is 326 g/mol. The van der Waals surface area contributed by atoms with Crippen LogP contribution >= 0.6 is 11.6 Å². The molecular formula is C18H16ClN3O2. The summed E-state index contributed by atoms with van der Waals surface area (Å²) in [6, 6.07) is 12.5. The van der Waals surface area contributed by atoms with Gasteiger partial charge < -0.3 is 15.5 Å². The predicted octanol–water partition coefficient (Wildman–Crippen LogP) is 3.42. The van der Waals surface area contributed by atoms with Crippen molar-refractivity contribution in [2.75, 3.05) is 17.2 Å². The molecule has 122 valence electrons. The molecule has 2 amide bonds. The standard InChI is InChI=1S/C18H16ClN3O2/c1-2-9-22-16(23)12-8-7-11(19)10-15(12)21-18(22)13-5-3-4-6-14(13)20-17(18)24/h3-8,10,21H,2,9H2,1H3,(H,20,24)/t18-/m0/s1. The van der Waals surface area contributed by atoms with Crippen LogP contribution in [-0.2, 0) is 10.5 Å². The molecule has 2 heterocycles. The molecule has 0 radical (unpaired) electrons. The van der Waals surface area contributed by atoms with Gasteiger partial charge in [0.25, 0.3) is 11.8 Å². The predicted molar refractivity (Wildman–Crippen MR) is 93.2 cm³/mol. The molecule has 4 rings (SSSR count). The van der Waals surface area contributed by atoms with Gasteiger partial charge in [-0.1, -0.05) is 36.7 Å². The highest BCUT2D eigenvalue weighted by molar-refractivity contribution is 6.31. The molecule has 0 unspecified atom stereocenters. The van der Waals surface area contributed by atoms with Gasteiger partial charge >= 0.3 is 0 Å². The van der Waals surface area contributed by atoms with Crippen molar-refractivity contribution in [2.45, 2.75) is 19.0 Å². The molecule has 2 aromatic carbocycles. The summed E-state index contributed by atoms with van der Waals surface area (Å²) in [6.07, 6.45) is 0.744. The number of anilines is 2. The lowest BCUT2D eigenvalue weighted by Crippen LogP contribution is -2.61. The van der Waals surface area contributed by atoms with Crippen molar-refractivity contribution in [3.63, 3.8) is 0 Å². The SMILES string of the molecule is CCCN1C(=O)c2ccc(Cl)cc2N[C@]12C(=O)Nc1ccccc12. The number of nitrogens with one attached hydrogen (secondary N) is 2. The molecule has 0 aliphatic carbocycles. The quantitative estimate of drug-likeness (QED) is 0.879. The molecule has 0 saturated carbocycles. The number of carbonyl (C=O) groups excluding carboxylic acids is 2. The van der Waals surface area contributed by atoms with Crippen LogP contribution in [0.4, 0.5) is 11.4 Å². The van der Waals surface area contributed by atoms with E-state index in [2.05, 4.69) is 10.6 Å². The van der Waals surface area contributed by atoms with Crippen LogP contribution in [0.15, 0.2) is 42.5 Å². The van der Waals surface area contributed by atoms with E-state index in [1.165, 1.54) is 0 Å². The Bertz CT molecular complexity index is 867. The van der Waals surface area contributed by atoms with Crippen molar-refractivity contribution >= 4 is 34.8 Å². The molecule has 0 saturated heterocycles. The highest BCUT2D eigenvalue weighted by Crippen LogP contribution is 2.45. The van der Waals surface area contributed by atoms with Crippen molar-refractivity contribution in [3.05, 3.63) is 58.6 Å². The van der Waals surface area contributed by atoms with E-state index in [0.717, 1.165) is 17.7 Å². The van der Waals surface area contributed by atoms with Crippen molar-refractivity contribution in [3.8, 4) is 0 Å². The third-order valence-corrected chi connectivity index (χ3v) is 4.75. The Balaban J connectivity index is 1.97. The Labute approximate surface area is 144 Å². The van der Waals surface area contributed by atoms with Crippen molar-refractivity contribution in [1.29, 1.82) is 0 Å². The maximum Gasteiger partial charge on any atom is 0.276 e. The Kier molecular flexibility index (Phi) is 3.28. The van der Waals surface area contributed by atoms with Gasteiger partial charge in [-0.05, 0) is 30.7 Å². The molecule has 0 aromatic heterocycles. The van der Waals surface area contributed by atoms with E-state index in [1.54, 1.807) is 23.1 Å². The Hall–Kier alpha value is -2.53. The topological polar surface area (TPSA) is 61.4 Å². The minimum atomic E-state index is -1.23. The summed E-state index contributed by atoms with van der Waals surface area (Å²) in [5.74, 6) is -0.426. The number of hydrogen-bond acceptors (Lipinski definition) is 3. The number of halogens is 1. The number of hydrogen-bond donors (Lipinski definition) is 2. The van der Waals surface area contributed by atoms with Gasteiger partial charge in [0.2, 0.25) is 5.66 Å². The number of benzene rings is 2. The third kappa shape index (κ3) is 1.88. The number of nitrogens with zero attached hydrogens (tertiary/aromatic N) is 1. The van der Waals surface area contributed by atoms with Crippen LogP contribution in [0, 0.1) is 0 Å². The van der Waals surface area contributed by atoms with Crippen LogP contribution in [0.2, 0.25) is 5.02 Å². The molecule has 0 bridgehead atoms. The number of para-hydroxylation sites is 1. The molecule has 2 N–H and O–H groups in total. The van der Waals surface area contributed by atoms with E-state index in [0.29, 0.717) is 22.8 Å². The van der Waals surface area contributed by atoms with Crippen LogP contribution in [0.5, 0.6) is 0 Å². The van der Waals surface area contributed by atoms with Gasteiger partial charge in [-0.3, -0.25) is 9.59 Å². The average Bonchev–Trinajstić information content (AvgIpc) is 2.84.